The largest absolute Gasteiger partial charge is 0.508 e. The predicted octanol–water partition coefficient (Wildman–Crippen LogP) is 1.19. The normalized spacial score (nSPS) is 25.5. The SMILES string of the molecule is CO[C@@H]1CC[C@H](C(=O)NCCc2ccc(O)cc2)C[C@H]1N. The molecule has 5 heteroatoms. The van der Waals surface area contributed by atoms with Gasteiger partial charge in [-0.1, -0.05) is 12.1 Å². The molecular formula is C16H24N2O3. The Morgan fingerprint density at radius 3 is 2.71 bits per heavy atom. The first kappa shape index (κ1) is 15.8. The van der Waals surface area contributed by atoms with Gasteiger partial charge in [-0.25, -0.2) is 0 Å². The minimum atomic E-state index is -0.0587. The Labute approximate surface area is 125 Å². The summed E-state index contributed by atoms with van der Waals surface area (Å²) in [6.07, 6.45) is 3.19. The Balaban J connectivity index is 1.73. The molecule has 0 spiro atoms. The summed E-state index contributed by atoms with van der Waals surface area (Å²) in [4.78, 5) is 12.1. The van der Waals surface area contributed by atoms with Crippen molar-refractivity contribution in [1.29, 1.82) is 0 Å². The van der Waals surface area contributed by atoms with Crippen LogP contribution in [0.1, 0.15) is 24.8 Å². The number of phenolic OH excluding ortho intramolecular Hbond substituents is 1. The molecule has 1 aromatic carbocycles. The highest BCUT2D eigenvalue weighted by atomic mass is 16.5. The first-order chi connectivity index (χ1) is 10.1. The summed E-state index contributed by atoms with van der Waals surface area (Å²) in [6, 6.07) is 6.98. The lowest BCUT2D eigenvalue weighted by molar-refractivity contribution is -0.127. The van der Waals surface area contributed by atoms with E-state index in [0.29, 0.717) is 13.0 Å². The molecule has 0 unspecified atom stereocenters. The molecule has 1 amide bonds. The second kappa shape index (κ2) is 7.43. The van der Waals surface area contributed by atoms with Gasteiger partial charge in [0.05, 0.1) is 6.10 Å². The van der Waals surface area contributed by atoms with Gasteiger partial charge >= 0.3 is 0 Å². The number of carbonyl (C=O) groups is 1. The average Bonchev–Trinajstić information content (AvgIpc) is 2.49. The number of amides is 1. The molecule has 3 atom stereocenters. The van der Waals surface area contributed by atoms with Crippen LogP contribution >= 0.6 is 0 Å². The van der Waals surface area contributed by atoms with Crippen molar-refractivity contribution in [3.05, 3.63) is 29.8 Å². The molecular weight excluding hydrogens is 268 g/mol. The molecule has 2 rings (SSSR count). The van der Waals surface area contributed by atoms with E-state index in [9.17, 15) is 9.90 Å². The number of benzene rings is 1. The molecule has 0 heterocycles. The molecule has 1 aromatic rings. The molecule has 0 saturated heterocycles. The van der Waals surface area contributed by atoms with Gasteiger partial charge < -0.3 is 20.9 Å². The molecule has 116 valence electrons. The summed E-state index contributed by atoms with van der Waals surface area (Å²) < 4.78 is 5.30. The highest BCUT2D eigenvalue weighted by molar-refractivity contribution is 5.78. The maximum Gasteiger partial charge on any atom is 0.223 e. The van der Waals surface area contributed by atoms with Gasteiger partial charge in [0, 0.05) is 25.6 Å². The van der Waals surface area contributed by atoms with Crippen LogP contribution in [0.15, 0.2) is 24.3 Å². The number of aromatic hydroxyl groups is 1. The first-order valence-electron chi connectivity index (χ1n) is 7.44. The minimum absolute atomic E-state index is 0.00813. The van der Waals surface area contributed by atoms with Crippen molar-refractivity contribution < 1.29 is 14.6 Å². The third kappa shape index (κ3) is 4.44. The fraction of sp³-hybridized carbons (Fsp3) is 0.562. The zero-order valence-electron chi connectivity index (χ0n) is 12.4. The summed E-state index contributed by atoms with van der Waals surface area (Å²) >= 11 is 0. The molecule has 0 radical (unpaired) electrons. The van der Waals surface area contributed by atoms with Gasteiger partial charge in [-0.2, -0.15) is 0 Å². The topological polar surface area (TPSA) is 84.6 Å². The van der Waals surface area contributed by atoms with Crippen molar-refractivity contribution in [3.63, 3.8) is 0 Å². The maximum atomic E-state index is 12.1. The molecule has 0 bridgehead atoms. The summed E-state index contributed by atoms with van der Waals surface area (Å²) in [6.45, 7) is 0.600. The Morgan fingerprint density at radius 2 is 2.10 bits per heavy atom. The van der Waals surface area contributed by atoms with Crippen LogP contribution in [-0.4, -0.2) is 36.8 Å². The molecule has 0 aliphatic heterocycles. The Morgan fingerprint density at radius 1 is 1.38 bits per heavy atom. The van der Waals surface area contributed by atoms with Gasteiger partial charge in [-0.3, -0.25) is 4.79 Å². The number of phenols is 1. The van der Waals surface area contributed by atoms with Crippen molar-refractivity contribution in [2.45, 2.75) is 37.8 Å². The van der Waals surface area contributed by atoms with E-state index < -0.39 is 0 Å². The number of carbonyl (C=O) groups excluding carboxylic acids is 1. The lowest BCUT2D eigenvalue weighted by atomic mass is 9.83. The smallest absolute Gasteiger partial charge is 0.223 e. The lowest BCUT2D eigenvalue weighted by Crippen LogP contribution is -2.45. The van der Waals surface area contributed by atoms with E-state index in [-0.39, 0.29) is 29.7 Å². The molecule has 0 aromatic heterocycles. The number of rotatable bonds is 5. The Kier molecular flexibility index (Phi) is 5.59. The first-order valence-corrected chi connectivity index (χ1v) is 7.44. The number of methoxy groups -OCH3 is 1. The quantitative estimate of drug-likeness (QED) is 0.761. The standard InChI is InChI=1S/C16H24N2O3/c1-21-15-7-4-12(10-14(15)17)16(20)18-9-8-11-2-5-13(19)6-3-11/h2-3,5-6,12,14-15,19H,4,7-10,17H2,1H3,(H,18,20)/t12-,14+,15+/m0/s1. The number of hydrogen-bond donors (Lipinski definition) is 3. The van der Waals surface area contributed by atoms with E-state index in [4.69, 9.17) is 10.5 Å². The Bertz CT molecular complexity index is 461. The highest BCUT2D eigenvalue weighted by Gasteiger charge is 2.31. The fourth-order valence-corrected chi connectivity index (χ4v) is 2.85. The average molecular weight is 292 g/mol. The summed E-state index contributed by atoms with van der Waals surface area (Å²) in [5, 5.41) is 12.2. The number of hydrogen-bond acceptors (Lipinski definition) is 4. The second-order valence-electron chi connectivity index (χ2n) is 5.66. The van der Waals surface area contributed by atoms with Crippen LogP contribution in [0, 0.1) is 5.92 Å². The van der Waals surface area contributed by atoms with Crippen molar-refractivity contribution in [2.24, 2.45) is 11.7 Å². The van der Waals surface area contributed by atoms with Crippen LogP contribution in [0.5, 0.6) is 5.75 Å². The van der Waals surface area contributed by atoms with Crippen molar-refractivity contribution >= 4 is 5.91 Å². The van der Waals surface area contributed by atoms with Gasteiger partial charge in [0.25, 0.3) is 0 Å². The van der Waals surface area contributed by atoms with Crippen molar-refractivity contribution in [1.82, 2.24) is 5.32 Å². The molecule has 4 N–H and O–H groups in total. The molecule has 1 fully saturated rings. The summed E-state index contributed by atoms with van der Waals surface area (Å²) in [5.41, 5.74) is 7.11. The molecule has 1 saturated carbocycles. The van der Waals surface area contributed by atoms with Crippen LogP contribution in [0.4, 0.5) is 0 Å². The van der Waals surface area contributed by atoms with Crippen LogP contribution in [0.25, 0.3) is 0 Å². The number of nitrogens with one attached hydrogen (secondary N) is 1. The second-order valence-corrected chi connectivity index (χ2v) is 5.66. The fourth-order valence-electron chi connectivity index (χ4n) is 2.85. The molecule has 5 nitrogen and oxygen atoms in total. The van der Waals surface area contributed by atoms with Gasteiger partial charge in [-0.15, -0.1) is 0 Å². The van der Waals surface area contributed by atoms with E-state index in [1.54, 1.807) is 19.2 Å². The molecule has 1 aliphatic rings. The van der Waals surface area contributed by atoms with Crippen LogP contribution in [0.3, 0.4) is 0 Å². The van der Waals surface area contributed by atoms with Gasteiger partial charge in [-0.05, 0) is 43.4 Å². The lowest BCUT2D eigenvalue weighted by Gasteiger charge is -2.32. The summed E-state index contributed by atoms with van der Waals surface area (Å²) in [7, 11) is 1.67. The van der Waals surface area contributed by atoms with Gasteiger partial charge in [0.1, 0.15) is 5.75 Å². The zero-order chi connectivity index (χ0) is 15.2. The van der Waals surface area contributed by atoms with Crippen molar-refractivity contribution in [2.75, 3.05) is 13.7 Å². The monoisotopic (exact) mass is 292 g/mol. The number of ether oxygens (including phenoxy) is 1. The summed E-state index contributed by atoms with van der Waals surface area (Å²) in [5.74, 6) is 0.330. The predicted molar refractivity (Wildman–Crippen MR) is 80.9 cm³/mol. The Hall–Kier alpha value is -1.59. The molecule has 21 heavy (non-hydrogen) atoms. The van der Waals surface area contributed by atoms with Gasteiger partial charge in [0.15, 0.2) is 0 Å². The maximum absolute atomic E-state index is 12.1. The van der Waals surface area contributed by atoms with Crippen LogP contribution < -0.4 is 11.1 Å². The zero-order valence-corrected chi connectivity index (χ0v) is 12.4. The highest BCUT2D eigenvalue weighted by Crippen LogP contribution is 2.25. The van der Waals surface area contributed by atoms with E-state index in [0.717, 1.165) is 24.8 Å². The van der Waals surface area contributed by atoms with E-state index in [1.165, 1.54) is 0 Å². The third-order valence-corrected chi connectivity index (χ3v) is 4.16. The number of nitrogens with two attached hydrogens (primary N) is 1. The third-order valence-electron chi connectivity index (χ3n) is 4.16. The van der Waals surface area contributed by atoms with Crippen molar-refractivity contribution in [3.8, 4) is 5.75 Å². The van der Waals surface area contributed by atoms with E-state index in [1.807, 2.05) is 12.1 Å². The van der Waals surface area contributed by atoms with Gasteiger partial charge in [0.2, 0.25) is 5.91 Å². The molecule has 1 aliphatic carbocycles. The minimum Gasteiger partial charge on any atom is -0.508 e. The van der Waals surface area contributed by atoms with Crippen LogP contribution in [-0.2, 0) is 16.0 Å². The van der Waals surface area contributed by atoms with E-state index in [2.05, 4.69) is 5.32 Å². The van der Waals surface area contributed by atoms with E-state index >= 15 is 0 Å². The van der Waals surface area contributed by atoms with Crippen LogP contribution in [0.2, 0.25) is 0 Å².